The third-order valence-electron chi connectivity index (χ3n) is 2.71. The summed E-state index contributed by atoms with van der Waals surface area (Å²) in [5.41, 5.74) is 1.00. The molecular formula is C15H26N2O. The van der Waals surface area contributed by atoms with Crippen LogP contribution in [-0.4, -0.2) is 17.6 Å². The first-order valence-corrected chi connectivity index (χ1v) is 7.09. The van der Waals surface area contributed by atoms with Crippen LogP contribution in [0.15, 0.2) is 18.3 Å². The van der Waals surface area contributed by atoms with Gasteiger partial charge in [0.1, 0.15) is 0 Å². The van der Waals surface area contributed by atoms with Gasteiger partial charge < -0.3 is 10.1 Å². The smallest absolute Gasteiger partial charge is 0.237 e. The van der Waals surface area contributed by atoms with Gasteiger partial charge >= 0.3 is 0 Å². The maximum absolute atomic E-state index is 5.67. The van der Waals surface area contributed by atoms with Crippen molar-refractivity contribution < 1.29 is 4.74 Å². The van der Waals surface area contributed by atoms with Gasteiger partial charge in [-0.25, -0.2) is 4.98 Å². The van der Waals surface area contributed by atoms with Crippen LogP contribution in [-0.2, 0) is 0 Å². The fourth-order valence-electron chi connectivity index (χ4n) is 1.79. The quantitative estimate of drug-likeness (QED) is 0.665. The monoisotopic (exact) mass is 250 g/mol. The van der Waals surface area contributed by atoms with Crippen LogP contribution in [0.25, 0.3) is 0 Å². The first kappa shape index (κ1) is 14.8. The van der Waals surface area contributed by atoms with Gasteiger partial charge in [-0.3, -0.25) is 0 Å². The van der Waals surface area contributed by atoms with E-state index in [9.17, 15) is 0 Å². The van der Waals surface area contributed by atoms with Crippen LogP contribution in [0.5, 0.6) is 5.88 Å². The highest BCUT2D eigenvalue weighted by atomic mass is 16.5. The van der Waals surface area contributed by atoms with Crippen LogP contribution >= 0.6 is 0 Å². The number of rotatable bonds is 9. The summed E-state index contributed by atoms with van der Waals surface area (Å²) in [5, 5.41) is 3.41. The van der Waals surface area contributed by atoms with Gasteiger partial charge in [0, 0.05) is 12.7 Å². The molecule has 3 heteroatoms. The molecule has 1 rings (SSSR count). The van der Waals surface area contributed by atoms with Gasteiger partial charge in [0.05, 0.1) is 11.8 Å². The van der Waals surface area contributed by atoms with Crippen molar-refractivity contribution in [2.24, 2.45) is 0 Å². The van der Waals surface area contributed by atoms with Crippen molar-refractivity contribution in [3.05, 3.63) is 18.3 Å². The summed E-state index contributed by atoms with van der Waals surface area (Å²) in [5.74, 6) is 0.709. The van der Waals surface area contributed by atoms with Crippen LogP contribution < -0.4 is 10.1 Å². The maximum Gasteiger partial charge on any atom is 0.237 e. The van der Waals surface area contributed by atoms with Gasteiger partial charge in [-0.15, -0.1) is 0 Å². The topological polar surface area (TPSA) is 34.2 Å². The lowest BCUT2D eigenvalue weighted by molar-refractivity contribution is 0.234. The fourth-order valence-corrected chi connectivity index (χ4v) is 1.79. The van der Waals surface area contributed by atoms with Gasteiger partial charge in [-0.05, 0) is 32.4 Å². The Balaban J connectivity index is 2.32. The summed E-state index contributed by atoms with van der Waals surface area (Å²) in [6, 6.07) is 3.96. The molecule has 1 aromatic heterocycles. The summed E-state index contributed by atoms with van der Waals surface area (Å²) < 4.78 is 5.67. The Morgan fingerprint density at radius 2 is 2.00 bits per heavy atom. The van der Waals surface area contributed by atoms with Crippen molar-refractivity contribution in [2.75, 3.05) is 11.9 Å². The molecule has 0 bridgehead atoms. The second-order valence-electron chi connectivity index (χ2n) is 4.86. The van der Waals surface area contributed by atoms with Crippen LogP contribution in [0.1, 0.15) is 52.9 Å². The molecule has 0 spiro atoms. The molecule has 1 heterocycles. The minimum Gasteiger partial charge on any atom is -0.473 e. The summed E-state index contributed by atoms with van der Waals surface area (Å²) in [6.07, 6.45) is 8.39. The zero-order valence-electron chi connectivity index (χ0n) is 11.9. The average Bonchev–Trinajstić information content (AvgIpc) is 2.35. The summed E-state index contributed by atoms with van der Waals surface area (Å²) in [6.45, 7) is 7.26. The molecule has 0 aliphatic rings. The zero-order valence-corrected chi connectivity index (χ0v) is 11.9. The first-order valence-electron chi connectivity index (χ1n) is 7.09. The molecule has 0 amide bonds. The largest absolute Gasteiger partial charge is 0.473 e. The van der Waals surface area contributed by atoms with Crippen LogP contribution in [0.4, 0.5) is 5.69 Å². The molecule has 0 saturated carbocycles. The fraction of sp³-hybridized carbons (Fsp3) is 0.667. The summed E-state index contributed by atoms with van der Waals surface area (Å²) >= 11 is 0. The summed E-state index contributed by atoms with van der Waals surface area (Å²) in [4.78, 5) is 4.26. The Bertz CT molecular complexity index is 326. The average molecular weight is 250 g/mol. The second-order valence-corrected chi connectivity index (χ2v) is 4.86. The van der Waals surface area contributed by atoms with E-state index in [-0.39, 0.29) is 6.10 Å². The van der Waals surface area contributed by atoms with E-state index < -0.39 is 0 Å². The van der Waals surface area contributed by atoms with E-state index >= 15 is 0 Å². The predicted octanol–water partition coefficient (Wildman–Crippen LogP) is 4.25. The lowest BCUT2D eigenvalue weighted by Crippen LogP contribution is -2.10. The van der Waals surface area contributed by atoms with E-state index in [2.05, 4.69) is 17.2 Å². The molecule has 0 saturated heterocycles. The third-order valence-corrected chi connectivity index (χ3v) is 2.71. The molecule has 0 radical (unpaired) electrons. The standard InChI is InChI=1S/C15H26N2O/c1-4-5-6-7-8-11-16-14-10-9-12-17-15(14)18-13(2)3/h9-10,12-13,16H,4-8,11H2,1-3H3. The van der Waals surface area contributed by atoms with Crippen molar-refractivity contribution in [2.45, 2.75) is 59.0 Å². The van der Waals surface area contributed by atoms with E-state index in [1.165, 1.54) is 32.1 Å². The molecule has 0 aliphatic carbocycles. The number of anilines is 1. The SMILES string of the molecule is CCCCCCCNc1cccnc1OC(C)C. The third kappa shape index (κ3) is 5.89. The van der Waals surface area contributed by atoms with E-state index in [0.717, 1.165) is 12.2 Å². The zero-order chi connectivity index (χ0) is 13.2. The second kappa shape index (κ2) is 8.78. The van der Waals surface area contributed by atoms with Crippen LogP contribution in [0.3, 0.4) is 0 Å². The number of aromatic nitrogens is 1. The number of unbranched alkanes of at least 4 members (excludes halogenated alkanes) is 4. The molecule has 1 N–H and O–H groups in total. The number of ether oxygens (including phenoxy) is 1. The van der Waals surface area contributed by atoms with E-state index in [4.69, 9.17) is 4.74 Å². The Kier molecular flexibility index (Phi) is 7.23. The molecule has 3 nitrogen and oxygen atoms in total. The van der Waals surface area contributed by atoms with Crippen molar-refractivity contribution in [3.8, 4) is 5.88 Å². The molecule has 0 atom stereocenters. The van der Waals surface area contributed by atoms with Crippen molar-refractivity contribution in [1.29, 1.82) is 0 Å². The lowest BCUT2D eigenvalue weighted by atomic mass is 10.1. The maximum atomic E-state index is 5.67. The molecular weight excluding hydrogens is 224 g/mol. The van der Waals surface area contributed by atoms with Crippen molar-refractivity contribution in [3.63, 3.8) is 0 Å². The minimum atomic E-state index is 0.157. The van der Waals surface area contributed by atoms with E-state index in [1.807, 2.05) is 26.0 Å². The Labute approximate surface area is 111 Å². The van der Waals surface area contributed by atoms with Crippen LogP contribution in [0.2, 0.25) is 0 Å². The van der Waals surface area contributed by atoms with Gasteiger partial charge in [0.2, 0.25) is 5.88 Å². The Morgan fingerprint density at radius 3 is 2.72 bits per heavy atom. The molecule has 0 unspecified atom stereocenters. The Morgan fingerprint density at radius 1 is 1.22 bits per heavy atom. The number of hydrogen-bond donors (Lipinski definition) is 1. The number of hydrogen-bond acceptors (Lipinski definition) is 3. The van der Waals surface area contributed by atoms with Gasteiger partial charge in [0.25, 0.3) is 0 Å². The highest BCUT2D eigenvalue weighted by molar-refractivity contribution is 5.51. The number of pyridine rings is 1. The summed E-state index contributed by atoms with van der Waals surface area (Å²) in [7, 11) is 0. The van der Waals surface area contributed by atoms with Crippen molar-refractivity contribution >= 4 is 5.69 Å². The molecule has 18 heavy (non-hydrogen) atoms. The van der Waals surface area contributed by atoms with E-state index in [0.29, 0.717) is 5.88 Å². The number of nitrogens with zero attached hydrogens (tertiary/aromatic N) is 1. The molecule has 1 aromatic rings. The molecule has 0 fully saturated rings. The highest BCUT2D eigenvalue weighted by Gasteiger charge is 2.05. The van der Waals surface area contributed by atoms with Crippen molar-refractivity contribution in [1.82, 2.24) is 4.98 Å². The van der Waals surface area contributed by atoms with Gasteiger partial charge in [0.15, 0.2) is 0 Å². The molecule has 102 valence electrons. The normalized spacial score (nSPS) is 10.7. The number of nitrogens with one attached hydrogen (secondary N) is 1. The first-order chi connectivity index (χ1) is 8.74. The Hall–Kier alpha value is -1.25. The van der Waals surface area contributed by atoms with Gasteiger partial charge in [-0.2, -0.15) is 0 Å². The van der Waals surface area contributed by atoms with Crippen LogP contribution in [0, 0.1) is 0 Å². The molecule has 0 aromatic carbocycles. The minimum absolute atomic E-state index is 0.157. The van der Waals surface area contributed by atoms with E-state index in [1.54, 1.807) is 6.20 Å². The highest BCUT2D eigenvalue weighted by Crippen LogP contribution is 2.21. The molecule has 0 aliphatic heterocycles. The predicted molar refractivity (Wildman–Crippen MR) is 77.2 cm³/mol. The van der Waals surface area contributed by atoms with Gasteiger partial charge in [-0.1, -0.05) is 32.6 Å². The lowest BCUT2D eigenvalue weighted by Gasteiger charge is -2.14.